The normalized spacial score (nSPS) is 13.9. The van der Waals surface area contributed by atoms with Crippen LogP contribution in [0.3, 0.4) is 0 Å². The van der Waals surface area contributed by atoms with Crippen molar-refractivity contribution in [2.75, 3.05) is 58.3 Å². The molecule has 0 atom stereocenters. The minimum absolute atomic E-state index is 0. The van der Waals surface area contributed by atoms with Crippen molar-refractivity contribution in [3.63, 3.8) is 0 Å². The zero-order valence-corrected chi connectivity index (χ0v) is 21.5. The fourth-order valence-corrected chi connectivity index (χ4v) is 3.71. The minimum Gasteiger partial charge on any atom is -0.494 e. The number of para-hydroxylation sites is 1. The van der Waals surface area contributed by atoms with Gasteiger partial charge >= 0.3 is 0 Å². The maximum Gasteiger partial charge on any atom is 0.242 e. The number of nitrogens with zero attached hydrogens (tertiary/aromatic N) is 4. The molecule has 1 aliphatic rings. The smallest absolute Gasteiger partial charge is 0.242 e. The summed E-state index contributed by atoms with van der Waals surface area (Å²) in [7, 11) is 3.70. The van der Waals surface area contributed by atoms with E-state index in [0.717, 1.165) is 37.5 Å². The first-order chi connectivity index (χ1) is 15.1. The van der Waals surface area contributed by atoms with Gasteiger partial charge in [-0.05, 0) is 36.8 Å². The van der Waals surface area contributed by atoms with Gasteiger partial charge in [-0.3, -0.25) is 9.79 Å². The van der Waals surface area contributed by atoms with Gasteiger partial charge in [-0.15, -0.1) is 24.0 Å². The van der Waals surface area contributed by atoms with Gasteiger partial charge in [0.05, 0.1) is 13.2 Å². The fourth-order valence-electron chi connectivity index (χ4n) is 3.71. The number of carbonyl (C=O) groups is 1. The highest BCUT2D eigenvalue weighted by atomic mass is 127. The number of piperazine rings is 1. The summed E-state index contributed by atoms with van der Waals surface area (Å²) in [6.07, 6.45) is 0. The van der Waals surface area contributed by atoms with Crippen molar-refractivity contribution >= 4 is 41.5 Å². The summed E-state index contributed by atoms with van der Waals surface area (Å²) in [6, 6.07) is 18.4. The highest BCUT2D eigenvalue weighted by molar-refractivity contribution is 14.0. The molecule has 2 aromatic rings. The monoisotopic (exact) mass is 551 g/mol. The van der Waals surface area contributed by atoms with Gasteiger partial charge in [0.2, 0.25) is 5.91 Å². The van der Waals surface area contributed by atoms with E-state index in [-0.39, 0.29) is 36.4 Å². The molecule has 0 bridgehead atoms. The molecule has 0 radical (unpaired) electrons. The molecule has 0 saturated carbocycles. The number of hydrogen-bond donors (Lipinski definition) is 1. The van der Waals surface area contributed by atoms with E-state index >= 15 is 0 Å². The average Bonchev–Trinajstić information content (AvgIpc) is 2.81. The van der Waals surface area contributed by atoms with Crippen LogP contribution >= 0.6 is 24.0 Å². The third-order valence-electron chi connectivity index (χ3n) is 5.38. The molecular formula is C24H34IN5O2. The number of aliphatic imine (C=N–C) groups is 1. The van der Waals surface area contributed by atoms with Crippen molar-refractivity contribution < 1.29 is 9.53 Å². The zero-order valence-electron chi connectivity index (χ0n) is 19.2. The van der Waals surface area contributed by atoms with Crippen molar-refractivity contribution in [3.05, 3.63) is 60.2 Å². The minimum atomic E-state index is 0. The zero-order chi connectivity index (χ0) is 22.1. The number of nitrogens with one attached hydrogen (secondary N) is 1. The molecule has 1 aliphatic heterocycles. The number of amides is 1. The third-order valence-corrected chi connectivity index (χ3v) is 5.38. The number of carbonyl (C=O) groups excluding carboxylic acids is 1. The Hall–Kier alpha value is -2.49. The Labute approximate surface area is 208 Å². The fraction of sp³-hybridized carbons (Fsp3) is 0.417. The number of guanidine groups is 1. The number of hydrogen-bond acceptors (Lipinski definition) is 4. The molecule has 1 heterocycles. The Bertz CT molecular complexity index is 852. The Morgan fingerprint density at radius 2 is 1.72 bits per heavy atom. The Morgan fingerprint density at radius 1 is 1.06 bits per heavy atom. The molecule has 7 nitrogen and oxygen atoms in total. The van der Waals surface area contributed by atoms with E-state index < -0.39 is 0 Å². The summed E-state index contributed by atoms with van der Waals surface area (Å²) in [5.74, 6) is 1.67. The van der Waals surface area contributed by atoms with E-state index in [1.165, 1.54) is 5.69 Å². The Balaban J connectivity index is 0.00000363. The number of benzene rings is 2. The summed E-state index contributed by atoms with van der Waals surface area (Å²) in [5, 5.41) is 3.21. The lowest BCUT2D eigenvalue weighted by Crippen LogP contribution is -2.52. The molecule has 174 valence electrons. The number of halogens is 1. The molecule has 32 heavy (non-hydrogen) atoms. The predicted molar refractivity (Wildman–Crippen MR) is 141 cm³/mol. The average molecular weight is 551 g/mol. The van der Waals surface area contributed by atoms with Crippen molar-refractivity contribution in [2.24, 2.45) is 4.99 Å². The van der Waals surface area contributed by atoms with Crippen molar-refractivity contribution in [1.29, 1.82) is 0 Å². The van der Waals surface area contributed by atoms with E-state index in [1.807, 2.05) is 66.2 Å². The summed E-state index contributed by atoms with van der Waals surface area (Å²) in [5.41, 5.74) is 2.36. The lowest BCUT2D eigenvalue weighted by Gasteiger charge is -2.36. The Morgan fingerprint density at radius 3 is 2.31 bits per heavy atom. The summed E-state index contributed by atoms with van der Waals surface area (Å²) < 4.78 is 5.49. The van der Waals surface area contributed by atoms with Crippen LogP contribution in [0, 0.1) is 0 Å². The van der Waals surface area contributed by atoms with Gasteiger partial charge in [0.1, 0.15) is 5.75 Å². The van der Waals surface area contributed by atoms with Crippen molar-refractivity contribution in [1.82, 2.24) is 15.1 Å². The van der Waals surface area contributed by atoms with E-state index in [1.54, 1.807) is 7.05 Å². The molecule has 2 aromatic carbocycles. The van der Waals surface area contributed by atoms with Crippen LogP contribution in [-0.4, -0.2) is 75.1 Å². The lowest BCUT2D eigenvalue weighted by molar-refractivity contribution is -0.130. The van der Waals surface area contributed by atoms with Crippen LogP contribution in [0.4, 0.5) is 5.69 Å². The standard InChI is InChI=1S/C24H33N5O2.HI/c1-4-31-22-12-10-20(11-13-22)19-27(3)24(25-2)26-18-23(30)29-16-14-28(15-17-29)21-8-6-5-7-9-21;/h5-13H,4,14-19H2,1-3H3,(H,25,26);1H. The van der Waals surface area contributed by atoms with Crippen LogP contribution in [0.25, 0.3) is 0 Å². The van der Waals surface area contributed by atoms with E-state index in [0.29, 0.717) is 19.1 Å². The summed E-state index contributed by atoms with van der Waals surface area (Å²) >= 11 is 0. The molecule has 1 N–H and O–H groups in total. The maximum atomic E-state index is 12.7. The van der Waals surface area contributed by atoms with E-state index in [4.69, 9.17) is 4.74 Å². The molecule has 0 aliphatic carbocycles. The van der Waals surface area contributed by atoms with Gasteiger partial charge in [-0.2, -0.15) is 0 Å². The molecule has 0 unspecified atom stereocenters. The molecule has 3 rings (SSSR count). The second-order valence-electron chi connectivity index (χ2n) is 7.54. The molecule has 8 heteroatoms. The van der Waals surface area contributed by atoms with Crippen LogP contribution in [0.15, 0.2) is 59.6 Å². The summed E-state index contributed by atoms with van der Waals surface area (Å²) in [6.45, 7) is 6.73. The molecule has 1 amide bonds. The highest BCUT2D eigenvalue weighted by Gasteiger charge is 2.21. The predicted octanol–water partition coefficient (Wildman–Crippen LogP) is 3.06. The van der Waals surface area contributed by atoms with Gasteiger partial charge in [-0.25, -0.2) is 0 Å². The van der Waals surface area contributed by atoms with Gasteiger partial charge in [0.15, 0.2) is 5.96 Å². The van der Waals surface area contributed by atoms with E-state index in [9.17, 15) is 4.79 Å². The number of anilines is 1. The highest BCUT2D eigenvalue weighted by Crippen LogP contribution is 2.16. The first-order valence-corrected chi connectivity index (χ1v) is 10.8. The van der Waals surface area contributed by atoms with E-state index in [2.05, 4.69) is 27.3 Å². The maximum absolute atomic E-state index is 12.7. The Kier molecular flexibility index (Phi) is 10.6. The second-order valence-corrected chi connectivity index (χ2v) is 7.54. The molecular weight excluding hydrogens is 517 g/mol. The van der Waals surface area contributed by atoms with Gasteiger partial charge in [0.25, 0.3) is 0 Å². The number of ether oxygens (including phenoxy) is 1. The van der Waals surface area contributed by atoms with Crippen LogP contribution < -0.4 is 15.0 Å². The molecule has 0 spiro atoms. The van der Waals surface area contributed by atoms with Gasteiger partial charge in [0, 0.05) is 52.5 Å². The van der Waals surface area contributed by atoms with Crippen LogP contribution in [0.2, 0.25) is 0 Å². The van der Waals surface area contributed by atoms with Crippen molar-refractivity contribution in [2.45, 2.75) is 13.5 Å². The topological polar surface area (TPSA) is 60.4 Å². The number of rotatable bonds is 7. The van der Waals surface area contributed by atoms with Gasteiger partial charge in [-0.1, -0.05) is 30.3 Å². The third kappa shape index (κ3) is 7.29. The lowest BCUT2D eigenvalue weighted by atomic mass is 10.2. The van der Waals surface area contributed by atoms with Crippen LogP contribution in [0.1, 0.15) is 12.5 Å². The first kappa shape index (κ1) is 25.8. The quantitative estimate of drug-likeness (QED) is 0.326. The largest absolute Gasteiger partial charge is 0.494 e. The first-order valence-electron chi connectivity index (χ1n) is 10.8. The van der Waals surface area contributed by atoms with Crippen LogP contribution in [-0.2, 0) is 11.3 Å². The molecule has 0 aromatic heterocycles. The van der Waals surface area contributed by atoms with Crippen molar-refractivity contribution in [3.8, 4) is 5.75 Å². The SMILES string of the molecule is CCOc1ccc(CN(C)C(=NC)NCC(=O)N2CCN(c3ccccc3)CC2)cc1.I. The summed E-state index contributed by atoms with van der Waals surface area (Å²) in [4.78, 5) is 23.3. The molecule has 1 fully saturated rings. The van der Waals surface area contributed by atoms with Gasteiger partial charge < -0.3 is 24.8 Å². The van der Waals surface area contributed by atoms with Crippen LogP contribution in [0.5, 0.6) is 5.75 Å². The molecule has 1 saturated heterocycles. The second kappa shape index (κ2) is 13.1.